The van der Waals surface area contributed by atoms with Crippen LogP contribution in [0.1, 0.15) is 102 Å². The number of rotatable bonds is 11. The van der Waals surface area contributed by atoms with Gasteiger partial charge in [-0.25, -0.2) is 31.9 Å². The lowest BCUT2D eigenvalue weighted by molar-refractivity contribution is 0.297. The van der Waals surface area contributed by atoms with Crippen LogP contribution in [0.15, 0.2) is 30.6 Å². The minimum absolute atomic E-state index is 0.0103. The molecule has 0 radical (unpaired) electrons. The molecule has 0 atom stereocenters. The predicted octanol–water partition coefficient (Wildman–Crippen LogP) is 10.1. The van der Waals surface area contributed by atoms with E-state index in [0.29, 0.717) is 12.2 Å². The molecule has 7 heteroatoms. The Labute approximate surface area is 228 Å². The normalized spacial score (nSPS) is 17.5. The van der Waals surface area contributed by atoms with E-state index in [0.717, 1.165) is 62.6 Å². The van der Waals surface area contributed by atoms with Crippen molar-refractivity contribution < 1.29 is 22.0 Å². The minimum Gasteiger partial charge on any atom is -0.240 e. The maximum atomic E-state index is 15.1. The first-order valence-corrected chi connectivity index (χ1v) is 14.3. The fraction of sp³-hybridized carbons (Fsp3) is 0.500. The highest BCUT2D eigenvalue weighted by Crippen LogP contribution is 2.38. The van der Waals surface area contributed by atoms with E-state index in [9.17, 15) is 8.78 Å². The number of unbranched alkanes of at least 4 members (excludes halogenated alkanes) is 4. The number of benzene rings is 2. The molecule has 1 aliphatic carbocycles. The molecule has 0 spiro atoms. The molecule has 0 bridgehead atoms. The number of halogens is 5. The lowest BCUT2D eigenvalue weighted by Gasteiger charge is -2.27. The Morgan fingerprint density at radius 3 is 1.92 bits per heavy atom. The third kappa shape index (κ3) is 6.85. The molecule has 1 saturated carbocycles. The molecule has 0 amide bonds. The van der Waals surface area contributed by atoms with Crippen LogP contribution < -0.4 is 0 Å². The van der Waals surface area contributed by atoms with Gasteiger partial charge >= 0.3 is 0 Å². The number of aromatic nitrogens is 2. The standard InChI is InChI=1S/C32H37F5N2/c1-3-5-7-9-20-11-13-21(14-12-20)32-38-18-23(19-39-32)29-28(35)17-25(30(36)31(29)37)22-15-26(33)24(27(34)16-22)10-8-6-4-2/h15-21H,3-14H2,1-2H3. The summed E-state index contributed by atoms with van der Waals surface area (Å²) >= 11 is 0. The van der Waals surface area contributed by atoms with Gasteiger partial charge < -0.3 is 0 Å². The second kappa shape index (κ2) is 13.5. The molecule has 2 nitrogen and oxygen atoms in total. The average Bonchev–Trinajstić information content (AvgIpc) is 2.93. The molecular formula is C32H37F5N2. The molecule has 2 aromatic carbocycles. The van der Waals surface area contributed by atoms with Crippen LogP contribution in [0.3, 0.4) is 0 Å². The van der Waals surface area contributed by atoms with E-state index in [1.165, 1.54) is 38.1 Å². The zero-order valence-corrected chi connectivity index (χ0v) is 22.8. The average molecular weight is 545 g/mol. The fourth-order valence-electron chi connectivity index (χ4n) is 5.69. The summed E-state index contributed by atoms with van der Waals surface area (Å²) in [5, 5.41) is 0. The van der Waals surface area contributed by atoms with Crippen LogP contribution in [0.25, 0.3) is 22.3 Å². The van der Waals surface area contributed by atoms with Gasteiger partial charge in [-0.05, 0) is 68.2 Å². The second-order valence-electron chi connectivity index (χ2n) is 10.8. The van der Waals surface area contributed by atoms with Crippen LogP contribution in [0.5, 0.6) is 0 Å². The molecule has 1 aromatic heterocycles. The van der Waals surface area contributed by atoms with Crippen LogP contribution in [-0.4, -0.2) is 9.97 Å². The van der Waals surface area contributed by atoms with E-state index >= 15 is 13.2 Å². The van der Waals surface area contributed by atoms with Crippen molar-refractivity contribution in [2.75, 3.05) is 0 Å². The minimum atomic E-state index is -1.44. The third-order valence-corrected chi connectivity index (χ3v) is 8.03. The van der Waals surface area contributed by atoms with Crippen molar-refractivity contribution in [3.8, 4) is 22.3 Å². The molecular weight excluding hydrogens is 507 g/mol. The predicted molar refractivity (Wildman–Crippen MR) is 145 cm³/mol. The Morgan fingerprint density at radius 1 is 0.692 bits per heavy atom. The van der Waals surface area contributed by atoms with Crippen molar-refractivity contribution in [3.05, 3.63) is 71.1 Å². The Bertz CT molecular complexity index is 1230. The van der Waals surface area contributed by atoms with Gasteiger partial charge in [-0.3, -0.25) is 0 Å². The SMILES string of the molecule is CCCCCc1c(F)cc(-c2cc(F)c(-c3cnc(C4CCC(CCCCC)CC4)nc3)c(F)c2F)cc1F. The van der Waals surface area contributed by atoms with Crippen molar-refractivity contribution in [2.24, 2.45) is 5.92 Å². The van der Waals surface area contributed by atoms with Crippen LogP contribution >= 0.6 is 0 Å². The first-order valence-electron chi connectivity index (χ1n) is 14.3. The highest BCUT2D eigenvalue weighted by molar-refractivity contribution is 5.72. The Hall–Kier alpha value is -2.83. The van der Waals surface area contributed by atoms with Gasteiger partial charge in [0.25, 0.3) is 0 Å². The molecule has 0 aliphatic heterocycles. The molecule has 4 rings (SSSR count). The number of hydrogen-bond donors (Lipinski definition) is 0. The topological polar surface area (TPSA) is 25.8 Å². The van der Waals surface area contributed by atoms with Crippen molar-refractivity contribution in [1.29, 1.82) is 0 Å². The zero-order chi connectivity index (χ0) is 27.9. The van der Waals surface area contributed by atoms with E-state index < -0.39 is 40.2 Å². The summed E-state index contributed by atoms with van der Waals surface area (Å²) in [6, 6.07) is 2.63. The lowest BCUT2D eigenvalue weighted by atomic mass is 9.79. The molecule has 0 saturated heterocycles. The van der Waals surface area contributed by atoms with Crippen LogP contribution in [0.2, 0.25) is 0 Å². The molecule has 1 aliphatic rings. The summed E-state index contributed by atoms with van der Waals surface area (Å²) < 4.78 is 74.6. The van der Waals surface area contributed by atoms with Gasteiger partial charge in [-0.1, -0.05) is 52.4 Å². The van der Waals surface area contributed by atoms with Gasteiger partial charge in [0.2, 0.25) is 0 Å². The van der Waals surface area contributed by atoms with Gasteiger partial charge in [0.05, 0.1) is 5.56 Å². The quantitative estimate of drug-likeness (QED) is 0.136. The number of hydrogen-bond acceptors (Lipinski definition) is 2. The summed E-state index contributed by atoms with van der Waals surface area (Å²) in [5.74, 6) is -4.03. The lowest BCUT2D eigenvalue weighted by Crippen LogP contribution is -2.15. The fourth-order valence-corrected chi connectivity index (χ4v) is 5.69. The Morgan fingerprint density at radius 2 is 1.31 bits per heavy atom. The van der Waals surface area contributed by atoms with Gasteiger partial charge in [0, 0.05) is 35.0 Å². The van der Waals surface area contributed by atoms with Crippen LogP contribution in [0, 0.1) is 35.0 Å². The molecule has 0 N–H and O–H groups in total. The Kier molecular flexibility index (Phi) is 10.1. The molecule has 0 unspecified atom stereocenters. The number of nitrogens with zero attached hydrogens (tertiary/aromatic N) is 2. The highest BCUT2D eigenvalue weighted by Gasteiger charge is 2.26. The summed E-state index contributed by atoms with van der Waals surface area (Å²) in [6.07, 6.45) is 14.4. The van der Waals surface area contributed by atoms with Crippen molar-refractivity contribution in [2.45, 2.75) is 96.8 Å². The molecule has 210 valence electrons. The maximum absolute atomic E-state index is 15.1. The van der Waals surface area contributed by atoms with E-state index in [1.54, 1.807) is 0 Å². The van der Waals surface area contributed by atoms with E-state index in [-0.39, 0.29) is 29.0 Å². The summed E-state index contributed by atoms with van der Waals surface area (Å²) in [5.41, 5.74) is -1.49. The summed E-state index contributed by atoms with van der Waals surface area (Å²) in [6.45, 7) is 4.18. The first kappa shape index (κ1) is 29.2. The molecule has 1 fully saturated rings. The Balaban J connectivity index is 1.52. The second-order valence-corrected chi connectivity index (χ2v) is 10.8. The molecule has 1 heterocycles. The van der Waals surface area contributed by atoms with E-state index in [4.69, 9.17) is 0 Å². The van der Waals surface area contributed by atoms with E-state index in [2.05, 4.69) is 16.9 Å². The molecule has 3 aromatic rings. The molecule has 39 heavy (non-hydrogen) atoms. The van der Waals surface area contributed by atoms with Gasteiger partial charge in [-0.15, -0.1) is 0 Å². The van der Waals surface area contributed by atoms with Crippen molar-refractivity contribution in [3.63, 3.8) is 0 Å². The van der Waals surface area contributed by atoms with Crippen molar-refractivity contribution in [1.82, 2.24) is 9.97 Å². The van der Waals surface area contributed by atoms with Crippen LogP contribution in [-0.2, 0) is 6.42 Å². The summed E-state index contributed by atoms with van der Waals surface area (Å²) in [4.78, 5) is 8.74. The largest absolute Gasteiger partial charge is 0.240 e. The van der Waals surface area contributed by atoms with Crippen LogP contribution in [0.4, 0.5) is 22.0 Å². The van der Waals surface area contributed by atoms with Gasteiger partial charge in [0.1, 0.15) is 23.3 Å². The van der Waals surface area contributed by atoms with Gasteiger partial charge in [-0.2, -0.15) is 0 Å². The maximum Gasteiger partial charge on any atom is 0.170 e. The highest BCUT2D eigenvalue weighted by atomic mass is 19.2. The smallest absolute Gasteiger partial charge is 0.170 e. The van der Waals surface area contributed by atoms with Gasteiger partial charge in [0.15, 0.2) is 11.6 Å². The van der Waals surface area contributed by atoms with E-state index in [1.807, 2.05) is 6.92 Å². The van der Waals surface area contributed by atoms with Crippen molar-refractivity contribution >= 4 is 0 Å². The zero-order valence-electron chi connectivity index (χ0n) is 22.8. The monoisotopic (exact) mass is 544 g/mol. The third-order valence-electron chi connectivity index (χ3n) is 8.03. The first-order chi connectivity index (χ1) is 18.8. The summed E-state index contributed by atoms with van der Waals surface area (Å²) in [7, 11) is 0.